The van der Waals surface area contributed by atoms with Crippen molar-refractivity contribution in [1.29, 1.82) is 0 Å². The number of aliphatic hydroxyl groups is 1. The average molecular weight is 267 g/mol. The fourth-order valence-electron chi connectivity index (χ4n) is 1.49. The van der Waals surface area contributed by atoms with Gasteiger partial charge in [-0.25, -0.2) is 9.13 Å². The van der Waals surface area contributed by atoms with Crippen LogP contribution in [0.2, 0.25) is 0 Å². The number of nitrogens with zero attached hydrogens (tertiary/aromatic N) is 2. The van der Waals surface area contributed by atoms with Crippen LogP contribution < -0.4 is 4.57 Å². The largest absolute Gasteiger partial charge is 0.394 e. The lowest BCUT2D eigenvalue weighted by Gasteiger charge is -1.93. The lowest BCUT2D eigenvalue weighted by molar-refractivity contribution is -0.702. The van der Waals surface area contributed by atoms with Crippen molar-refractivity contribution >= 4 is 10.4 Å². The fourth-order valence-corrected chi connectivity index (χ4v) is 1.49. The molecule has 17 heavy (non-hydrogen) atoms. The summed E-state index contributed by atoms with van der Waals surface area (Å²) in [5.74, 6) is 0. The molecule has 3 N–H and O–H groups in total. The second-order valence-corrected chi connectivity index (χ2v) is 4.22. The van der Waals surface area contributed by atoms with Crippen LogP contribution in [0.25, 0.3) is 0 Å². The highest BCUT2D eigenvalue weighted by Gasteiger charge is 2.15. The van der Waals surface area contributed by atoms with Gasteiger partial charge in [-0.15, -0.1) is 0 Å². The lowest BCUT2D eigenvalue weighted by Crippen LogP contribution is -2.34. The molecule has 0 saturated carbocycles. The monoisotopic (exact) mass is 267 g/mol. The molecule has 100 valence electrons. The zero-order valence-electron chi connectivity index (χ0n) is 10.2. The Bertz CT molecular complexity index is 444. The normalized spacial score (nSPS) is 10.9. The molecule has 0 amide bonds. The van der Waals surface area contributed by atoms with E-state index in [1.165, 1.54) is 5.69 Å². The highest BCUT2D eigenvalue weighted by molar-refractivity contribution is 7.79. The number of imidazole rings is 1. The topological polar surface area (TPSA) is 104 Å². The molecule has 0 aromatic carbocycles. The van der Waals surface area contributed by atoms with Gasteiger partial charge < -0.3 is 5.11 Å². The lowest BCUT2D eigenvalue weighted by atomic mass is 10.3. The molecule has 0 atom stereocenters. The molecule has 8 heteroatoms. The van der Waals surface area contributed by atoms with E-state index in [9.17, 15) is 0 Å². The Morgan fingerprint density at radius 2 is 1.82 bits per heavy atom. The Morgan fingerprint density at radius 1 is 1.35 bits per heavy atom. The van der Waals surface area contributed by atoms with E-state index in [0.717, 1.165) is 18.8 Å². The molecule has 0 fully saturated rings. The summed E-state index contributed by atoms with van der Waals surface area (Å²) in [5.41, 5.74) is 2.20. The van der Waals surface area contributed by atoms with Gasteiger partial charge >= 0.3 is 10.4 Å². The first-order chi connectivity index (χ1) is 7.74. The first-order valence-electron chi connectivity index (χ1n) is 5.13. The van der Waals surface area contributed by atoms with Crippen LogP contribution in [-0.4, -0.2) is 27.2 Å². The number of aryl methyl sites for hydroxylation is 2. The van der Waals surface area contributed by atoms with Gasteiger partial charge in [0.15, 0.2) is 5.69 Å². The minimum absolute atomic E-state index is 0.132. The van der Waals surface area contributed by atoms with Gasteiger partial charge in [0, 0.05) is 6.92 Å². The summed E-state index contributed by atoms with van der Waals surface area (Å²) in [7, 11) is -4.67. The molecule has 0 aliphatic heterocycles. The maximum atomic E-state index is 9.11. The molecule has 7 nitrogen and oxygen atoms in total. The van der Waals surface area contributed by atoms with E-state index < -0.39 is 10.4 Å². The van der Waals surface area contributed by atoms with Gasteiger partial charge in [0.25, 0.3) is 0 Å². The molecule has 1 rings (SSSR count). The van der Waals surface area contributed by atoms with Crippen molar-refractivity contribution in [2.24, 2.45) is 0 Å². The highest BCUT2D eigenvalue weighted by Crippen LogP contribution is 2.03. The first kappa shape index (κ1) is 16.0. The quantitative estimate of drug-likeness (QED) is 0.527. The van der Waals surface area contributed by atoms with Crippen molar-refractivity contribution in [2.45, 2.75) is 40.5 Å². The molecule has 1 aromatic rings. The van der Waals surface area contributed by atoms with Gasteiger partial charge in [0.1, 0.15) is 12.3 Å². The number of aliphatic hydroxyl groups excluding tert-OH is 1. The Hall–Kier alpha value is -0.960. The van der Waals surface area contributed by atoms with Gasteiger partial charge in [-0.2, -0.15) is 8.42 Å². The summed E-state index contributed by atoms with van der Waals surface area (Å²) < 4.78 is 35.8. The third-order valence-electron chi connectivity index (χ3n) is 2.31. The molecule has 0 saturated heterocycles. The van der Waals surface area contributed by atoms with Gasteiger partial charge in [-0.3, -0.25) is 9.11 Å². The van der Waals surface area contributed by atoms with E-state index in [1.54, 1.807) is 0 Å². The molecule has 0 spiro atoms. The molecular formula is C9H19N2O5S+. The van der Waals surface area contributed by atoms with Crippen molar-refractivity contribution in [3.63, 3.8) is 0 Å². The number of rotatable bonds is 3. The summed E-state index contributed by atoms with van der Waals surface area (Å²) in [6, 6.07) is 0. The van der Waals surface area contributed by atoms with Crippen molar-refractivity contribution < 1.29 is 27.2 Å². The standard InChI is InChI=1S/C9H17N2O.H2O4S/c1-4-10-7-11(5-2)9(6-12)8(10)3;1-5(2,3)4/h7,12H,4-6H2,1-3H3;(H2,1,2,3,4)/q+1;. The van der Waals surface area contributed by atoms with Gasteiger partial charge in [0.2, 0.25) is 6.33 Å². The van der Waals surface area contributed by atoms with Crippen molar-refractivity contribution in [3.05, 3.63) is 17.7 Å². The van der Waals surface area contributed by atoms with E-state index in [1.807, 2.05) is 6.92 Å². The molecular weight excluding hydrogens is 248 g/mol. The molecule has 0 aliphatic rings. The van der Waals surface area contributed by atoms with E-state index in [-0.39, 0.29) is 6.61 Å². The first-order valence-corrected chi connectivity index (χ1v) is 6.53. The second kappa shape index (κ2) is 6.70. The molecule has 1 aromatic heterocycles. The molecule has 0 bridgehead atoms. The summed E-state index contributed by atoms with van der Waals surface area (Å²) in [4.78, 5) is 0. The number of aromatic nitrogens is 2. The van der Waals surface area contributed by atoms with Crippen LogP contribution in [0.15, 0.2) is 6.33 Å². The van der Waals surface area contributed by atoms with Crippen LogP contribution in [0.4, 0.5) is 0 Å². The van der Waals surface area contributed by atoms with Gasteiger partial charge in [0.05, 0.1) is 13.1 Å². The molecule has 1 heterocycles. The molecule has 0 unspecified atom stereocenters. The van der Waals surface area contributed by atoms with E-state index in [0.29, 0.717) is 0 Å². The maximum Gasteiger partial charge on any atom is 0.394 e. The predicted molar refractivity (Wildman–Crippen MR) is 60.8 cm³/mol. The third-order valence-corrected chi connectivity index (χ3v) is 2.31. The predicted octanol–water partition coefficient (Wildman–Crippen LogP) is -0.0367. The summed E-state index contributed by atoms with van der Waals surface area (Å²) in [5, 5.41) is 9.11. The fraction of sp³-hybridized carbons (Fsp3) is 0.667. The van der Waals surface area contributed by atoms with E-state index in [4.69, 9.17) is 22.6 Å². The van der Waals surface area contributed by atoms with E-state index in [2.05, 4.69) is 29.3 Å². The summed E-state index contributed by atoms with van der Waals surface area (Å²) in [6.45, 7) is 8.25. The molecule has 0 radical (unpaired) electrons. The highest BCUT2D eigenvalue weighted by atomic mass is 32.3. The average Bonchev–Trinajstić information content (AvgIpc) is 2.51. The number of hydrogen-bond acceptors (Lipinski definition) is 3. The summed E-state index contributed by atoms with van der Waals surface area (Å²) in [6.07, 6.45) is 2.06. The minimum Gasteiger partial charge on any atom is -0.388 e. The van der Waals surface area contributed by atoms with Crippen molar-refractivity contribution in [1.82, 2.24) is 4.57 Å². The van der Waals surface area contributed by atoms with Crippen LogP contribution in [0.3, 0.4) is 0 Å². The zero-order chi connectivity index (χ0) is 13.6. The van der Waals surface area contributed by atoms with Gasteiger partial charge in [-0.05, 0) is 13.8 Å². The third kappa shape index (κ3) is 5.78. The Balaban J connectivity index is 0.000000437. The Morgan fingerprint density at radius 3 is 2.06 bits per heavy atom. The van der Waals surface area contributed by atoms with Crippen LogP contribution in [0.5, 0.6) is 0 Å². The van der Waals surface area contributed by atoms with Gasteiger partial charge in [-0.1, -0.05) is 0 Å². The molecule has 0 aliphatic carbocycles. The van der Waals surface area contributed by atoms with E-state index >= 15 is 0 Å². The zero-order valence-corrected chi connectivity index (χ0v) is 11.0. The Kier molecular flexibility index (Phi) is 6.32. The smallest absolute Gasteiger partial charge is 0.388 e. The summed E-state index contributed by atoms with van der Waals surface area (Å²) >= 11 is 0. The van der Waals surface area contributed by atoms with Crippen LogP contribution in [0, 0.1) is 6.92 Å². The van der Waals surface area contributed by atoms with Crippen LogP contribution in [-0.2, 0) is 30.1 Å². The SMILES string of the molecule is CCn1c[n+](CC)c(CO)c1C.O=S(=O)(O)O. The van der Waals surface area contributed by atoms with Crippen molar-refractivity contribution in [2.75, 3.05) is 0 Å². The Labute approximate surface area is 101 Å². The minimum atomic E-state index is -4.67. The second-order valence-electron chi connectivity index (χ2n) is 3.33. The van der Waals surface area contributed by atoms with Crippen LogP contribution in [0.1, 0.15) is 25.2 Å². The van der Waals surface area contributed by atoms with Crippen LogP contribution >= 0.6 is 0 Å². The maximum absolute atomic E-state index is 9.11. The number of hydrogen-bond donors (Lipinski definition) is 3. The van der Waals surface area contributed by atoms with Crippen molar-refractivity contribution in [3.8, 4) is 0 Å².